The molecule has 0 spiro atoms. The van der Waals surface area contributed by atoms with Crippen molar-refractivity contribution in [1.82, 2.24) is 15.5 Å². The minimum Gasteiger partial charge on any atom is -0.355 e. The van der Waals surface area contributed by atoms with Crippen molar-refractivity contribution in [2.45, 2.75) is 44.6 Å². The van der Waals surface area contributed by atoms with Gasteiger partial charge < -0.3 is 15.5 Å². The van der Waals surface area contributed by atoms with E-state index in [9.17, 15) is 12.8 Å². The number of sulfone groups is 1. The van der Waals surface area contributed by atoms with Crippen LogP contribution in [0.2, 0.25) is 0 Å². The predicted octanol–water partition coefficient (Wildman–Crippen LogP) is 2.27. The Bertz CT molecular complexity index is 691. The SMILES string of the molecule is CCN(CC)CCCC(C)NC(=NC)NCCS(=O)(=O)c1ccccc1F. The second kappa shape index (κ2) is 11.9. The van der Waals surface area contributed by atoms with E-state index in [2.05, 4.69) is 41.3 Å². The summed E-state index contributed by atoms with van der Waals surface area (Å²) < 4.78 is 38.2. The Morgan fingerprint density at radius 1 is 1.26 bits per heavy atom. The Hall–Kier alpha value is -1.67. The molecule has 2 N–H and O–H groups in total. The number of nitrogens with one attached hydrogen (secondary N) is 2. The molecule has 1 aromatic rings. The van der Waals surface area contributed by atoms with Gasteiger partial charge in [0.2, 0.25) is 0 Å². The zero-order chi connectivity index (χ0) is 20.3. The van der Waals surface area contributed by atoms with Gasteiger partial charge in [-0.1, -0.05) is 26.0 Å². The van der Waals surface area contributed by atoms with Crippen LogP contribution in [0.5, 0.6) is 0 Å². The second-order valence-corrected chi connectivity index (χ2v) is 8.54. The summed E-state index contributed by atoms with van der Waals surface area (Å²) >= 11 is 0. The highest BCUT2D eigenvalue weighted by atomic mass is 32.2. The minimum absolute atomic E-state index is 0.155. The molecule has 0 aromatic heterocycles. The molecule has 1 atom stereocenters. The molecule has 1 aromatic carbocycles. The summed E-state index contributed by atoms with van der Waals surface area (Å²) in [5.74, 6) is -0.374. The molecule has 0 radical (unpaired) electrons. The molecule has 0 saturated heterocycles. The predicted molar refractivity (Wildman–Crippen MR) is 109 cm³/mol. The van der Waals surface area contributed by atoms with Crippen LogP contribution >= 0.6 is 0 Å². The van der Waals surface area contributed by atoms with E-state index in [-0.39, 0.29) is 23.2 Å². The van der Waals surface area contributed by atoms with E-state index in [1.165, 1.54) is 18.2 Å². The van der Waals surface area contributed by atoms with E-state index >= 15 is 0 Å². The molecule has 8 heteroatoms. The Morgan fingerprint density at radius 2 is 1.93 bits per heavy atom. The van der Waals surface area contributed by atoms with Crippen molar-refractivity contribution in [3.8, 4) is 0 Å². The monoisotopic (exact) mass is 400 g/mol. The van der Waals surface area contributed by atoms with E-state index in [1.54, 1.807) is 7.05 Å². The Labute approximate surface area is 163 Å². The lowest BCUT2D eigenvalue weighted by molar-refractivity contribution is 0.292. The quantitative estimate of drug-likeness (QED) is 0.440. The van der Waals surface area contributed by atoms with Crippen LogP contribution in [0, 0.1) is 5.82 Å². The fourth-order valence-electron chi connectivity index (χ4n) is 2.77. The fourth-order valence-corrected chi connectivity index (χ4v) is 4.01. The number of hydrogen-bond acceptors (Lipinski definition) is 4. The highest BCUT2D eigenvalue weighted by Gasteiger charge is 2.18. The first-order valence-corrected chi connectivity index (χ1v) is 11.2. The van der Waals surface area contributed by atoms with Crippen LogP contribution in [0.15, 0.2) is 34.2 Å². The fraction of sp³-hybridized carbons (Fsp3) is 0.632. The molecule has 0 aliphatic rings. The first-order valence-electron chi connectivity index (χ1n) is 9.50. The maximum absolute atomic E-state index is 13.7. The molecule has 0 aliphatic carbocycles. The lowest BCUT2D eigenvalue weighted by Gasteiger charge is -2.21. The van der Waals surface area contributed by atoms with Crippen LogP contribution in [-0.2, 0) is 9.84 Å². The topological polar surface area (TPSA) is 73.8 Å². The van der Waals surface area contributed by atoms with Crippen molar-refractivity contribution in [2.75, 3.05) is 39.0 Å². The first-order chi connectivity index (χ1) is 12.8. The standard InChI is InChI=1S/C19H33FN4O2S/c1-5-24(6-2)14-9-10-16(3)23-19(21-4)22-13-15-27(25,26)18-12-8-7-11-17(18)20/h7-8,11-12,16H,5-6,9-10,13-15H2,1-4H3,(H2,21,22,23). The molecule has 0 heterocycles. The maximum atomic E-state index is 13.7. The van der Waals surface area contributed by atoms with E-state index < -0.39 is 15.7 Å². The highest BCUT2D eigenvalue weighted by Crippen LogP contribution is 2.14. The van der Waals surface area contributed by atoms with Gasteiger partial charge in [-0.05, 0) is 51.5 Å². The molecule has 0 amide bonds. The number of halogens is 1. The van der Waals surface area contributed by atoms with Gasteiger partial charge in [0.15, 0.2) is 15.8 Å². The van der Waals surface area contributed by atoms with E-state index in [1.807, 2.05) is 0 Å². The van der Waals surface area contributed by atoms with Gasteiger partial charge in [0.1, 0.15) is 10.7 Å². The average molecular weight is 401 g/mol. The van der Waals surface area contributed by atoms with Crippen molar-refractivity contribution < 1.29 is 12.8 Å². The van der Waals surface area contributed by atoms with Gasteiger partial charge in [0.05, 0.1) is 5.75 Å². The number of benzene rings is 1. The van der Waals surface area contributed by atoms with Crippen molar-refractivity contribution >= 4 is 15.8 Å². The minimum atomic E-state index is -3.68. The largest absolute Gasteiger partial charge is 0.355 e. The molecule has 27 heavy (non-hydrogen) atoms. The summed E-state index contributed by atoms with van der Waals surface area (Å²) in [6.07, 6.45) is 2.07. The lowest BCUT2D eigenvalue weighted by Crippen LogP contribution is -2.44. The van der Waals surface area contributed by atoms with E-state index in [0.717, 1.165) is 38.5 Å². The Morgan fingerprint density at radius 3 is 2.52 bits per heavy atom. The van der Waals surface area contributed by atoms with Crippen LogP contribution in [0.3, 0.4) is 0 Å². The van der Waals surface area contributed by atoms with E-state index in [4.69, 9.17) is 0 Å². The summed E-state index contributed by atoms with van der Waals surface area (Å²) in [6, 6.07) is 5.65. The van der Waals surface area contributed by atoms with Crippen LogP contribution in [0.25, 0.3) is 0 Å². The second-order valence-electron chi connectivity index (χ2n) is 6.46. The number of guanidine groups is 1. The molecule has 6 nitrogen and oxygen atoms in total. The summed E-state index contributed by atoms with van der Waals surface area (Å²) in [5.41, 5.74) is 0. The van der Waals surface area contributed by atoms with Crippen LogP contribution < -0.4 is 10.6 Å². The van der Waals surface area contributed by atoms with Crippen molar-refractivity contribution in [3.63, 3.8) is 0 Å². The maximum Gasteiger partial charge on any atom is 0.191 e. The summed E-state index contributed by atoms with van der Waals surface area (Å²) in [5, 5.41) is 6.26. The summed E-state index contributed by atoms with van der Waals surface area (Å²) in [6.45, 7) is 9.72. The van der Waals surface area contributed by atoms with Gasteiger partial charge in [-0.25, -0.2) is 12.8 Å². The van der Waals surface area contributed by atoms with Crippen molar-refractivity contribution in [3.05, 3.63) is 30.1 Å². The normalized spacial score (nSPS) is 13.6. The average Bonchev–Trinajstić information content (AvgIpc) is 2.64. The highest BCUT2D eigenvalue weighted by molar-refractivity contribution is 7.91. The van der Waals surface area contributed by atoms with Gasteiger partial charge in [-0.15, -0.1) is 0 Å². The van der Waals surface area contributed by atoms with Crippen LogP contribution in [-0.4, -0.2) is 64.3 Å². The van der Waals surface area contributed by atoms with Crippen molar-refractivity contribution in [1.29, 1.82) is 0 Å². The molecule has 0 bridgehead atoms. The molecule has 154 valence electrons. The third kappa shape index (κ3) is 8.26. The molecule has 1 rings (SSSR count). The van der Waals surface area contributed by atoms with Gasteiger partial charge in [0, 0.05) is 19.6 Å². The zero-order valence-electron chi connectivity index (χ0n) is 16.8. The van der Waals surface area contributed by atoms with Crippen LogP contribution in [0.4, 0.5) is 4.39 Å². The molecule has 0 saturated carbocycles. The molecular formula is C19H33FN4O2S. The lowest BCUT2D eigenvalue weighted by atomic mass is 10.2. The number of nitrogens with zero attached hydrogens (tertiary/aromatic N) is 2. The molecule has 1 unspecified atom stereocenters. The third-order valence-corrected chi connectivity index (χ3v) is 6.19. The Kier molecular flexibility index (Phi) is 10.3. The zero-order valence-corrected chi connectivity index (χ0v) is 17.7. The van der Waals surface area contributed by atoms with Gasteiger partial charge in [-0.3, -0.25) is 4.99 Å². The number of rotatable bonds is 11. The van der Waals surface area contributed by atoms with Gasteiger partial charge in [0.25, 0.3) is 0 Å². The first kappa shape index (κ1) is 23.4. The smallest absolute Gasteiger partial charge is 0.191 e. The third-order valence-electron chi connectivity index (χ3n) is 4.45. The summed E-state index contributed by atoms with van der Waals surface area (Å²) in [4.78, 5) is 6.25. The summed E-state index contributed by atoms with van der Waals surface area (Å²) in [7, 11) is -2.04. The molecule has 0 fully saturated rings. The Balaban J connectivity index is 2.43. The molecule has 0 aliphatic heterocycles. The van der Waals surface area contributed by atoms with Gasteiger partial charge >= 0.3 is 0 Å². The number of aliphatic imine (C=N–C) groups is 1. The number of hydrogen-bond donors (Lipinski definition) is 2. The van der Waals surface area contributed by atoms with Crippen molar-refractivity contribution in [2.24, 2.45) is 4.99 Å². The van der Waals surface area contributed by atoms with Crippen LogP contribution in [0.1, 0.15) is 33.6 Å². The van der Waals surface area contributed by atoms with E-state index in [0.29, 0.717) is 5.96 Å². The van der Waals surface area contributed by atoms with Gasteiger partial charge in [-0.2, -0.15) is 0 Å². The molecular weight excluding hydrogens is 367 g/mol.